The maximum Gasteiger partial charge on any atom is 0.308 e. The Hall–Kier alpha value is -1.93. The standard InChI is InChI=1S/C15H15NO5S2/c1-8(17)21-13-11(19-2)6-9(7-12(13)20-3)5-10-14(18)23-15(16-10)22-4/h5-7H,1-4H3/b10-5+. The van der Waals surface area contributed by atoms with E-state index in [4.69, 9.17) is 14.2 Å². The summed E-state index contributed by atoms with van der Waals surface area (Å²) in [6, 6.07) is 3.30. The Morgan fingerprint density at radius 2 is 1.87 bits per heavy atom. The van der Waals surface area contributed by atoms with Gasteiger partial charge in [0, 0.05) is 6.92 Å². The van der Waals surface area contributed by atoms with Crippen LogP contribution in [0.1, 0.15) is 12.5 Å². The highest BCUT2D eigenvalue weighted by molar-refractivity contribution is 8.45. The number of rotatable bonds is 4. The van der Waals surface area contributed by atoms with Crippen LogP contribution in [-0.4, -0.2) is 35.9 Å². The second-order valence-electron chi connectivity index (χ2n) is 4.35. The molecular formula is C15H15NO5S2. The fraction of sp³-hybridized carbons (Fsp3) is 0.267. The van der Waals surface area contributed by atoms with Gasteiger partial charge in [0.15, 0.2) is 11.5 Å². The molecule has 1 aromatic rings. The van der Waals surface area contributed by atoms with Crippen molar-refractivity contribution in [2.75, 3.05) is 20.5 Å². The Balaban J connectivity index is 2.47. The first kappa shape index (κ1) is 17.4. The number of esters is 1. The Morgan fingerprint density at radius 3 is 2.30 bits per heavy atom. The van der Waals surface area contributed by atoms with E-state index in [0.29, 0.717) is 27.1 Å². The average molecular weight is 353 g/mol. The van der Waals surface area contributed by atoms with Crippen molar-refractivity contribution in [1.29, 1.82) is 0 Å². The Labute approximate surface area is 142 Å². The molecule has 0 bridgehead atoms. The van der Waals surface area contributed by atoms with Gasteiger partial charge in [-0.2, -0.15) is 0 Å². The first-order valence-corrected chi connectivity index (χ1v) is 8.53. The molecule has 0 saturated heterocycles. The SMILES string of the molecule is COc1cc(/C=C2/N=C(SC)SC2=O)cc(OC)c1OC(C)=O. The molecule has 1 aliphatic heterocycles. The maximum absolute atomic E-state index is 11.9. The topological polar surface area (TPSA) is 74.2 Å². The minimum atomic E-state index is -0.482. The van der Waals surface area contributed by atoms with Crippen LogP contribution in [0.5, 0.6) is 17.2 Å². The summed E-state index contributed by atoms with van der Waals surface area (Å²) in [5.41, 5.74) is 1.01. The molecule has 1 heterocycles. The number of hydrogen-bond donors (Lipinski definition) is 0. The van der Waals surface area contributed by atoms with Crippen molar-refractivity contribution >= 4 is 45.1 Å². The normalized spacial score (nSPS) is 15.6. The van der Waals surface area contributed by atoms with Crippen molar-refractivity contribution < 1.29 is 23.8 Å². The van der Waals surface area contributed by atoms with E-state index in [-0.39, 0.29) is 10.9 Å². The Kier molecular flexibility index (Phi) is 5.73. The van der Waals surface area contributed by atoms with E-state index in [1.165, 1.54) is 32.9 Å². The Bertz CT molecular complexity index is 687. The molecule has 0 aromatic heterocycles. The smallest absolute Gasteiger partial charge is 0.308 e. The molecule has 8 heteroatoms. The number of benzene rings is 1. The van der Waals surface area contributed by atoms with Crippen LogP contribution in [0.4, 0.5) is 0 Å². The van der Waals surface area contributed by atoms with Crippen molar-refractivity contribution in [2.24, 2.45) is 4.99 Å². The average Bonchev–Trinajstić information content (AvgIpc) is 2.88. The molecule has 0 atom stereocenters. The van der Waals surface area contributed by atoms with E-state index in [1.807, 2.05) is 6.26 Å². The van der Waals surface area contributed by atoms with Crippen LogP contribution in [0.3, 0.4) is 0 Å². The van der Waals surface area contributed by atoms with Gasteiger partial charge in [-0.25, -0.2) is 4.99 Å². The van der Waals surface area contributed by atoms with Gasteiger partial charge in [-0.1, -0.05) is 0 Å². The molecule has 0 aliphatic carbocycles. The monoisotopic (exact) mass is 353 g/mol. The molecule has 0 N–H and O–H groups in total. The van der Waals surface area contributed by atoms with Crippen LogP contribution in [0.15, 0.2) is 22.8 Å². The lowest BCUT2D eigenvalue weighted by molar-refractivity contribution is -0.132. The van der Waals surface area contributed by atoms with Crippen LogP contribution >= 0.6 is 23.5 Å². The maximum atomic E-state index is 11.9. The number of methoxy groups -OCH3 is 2. The van der Waals surface area contributed by atoms with E-state index in [0.717, 1.165) is 11.8 Å². The predicted octanol–water partition coefficient (Wildman–Crippen LogP) is 2.96. The lowest BCUT2D eigenvalue weighted by Gasteiger charge is -2.13. The molecule has 0 fully saturated rings. The minimum absolute atomic E-state index is 0.114. The van der Waals surface area contributed by atoms with E-state index < -0.39 is 5.97 Å². The van der Waals surface area contributed by atoms with Gasteiger partial charge in [0.25, 0.3) is 0 Å². The van der Waals surface area contributed by atoms with Gasteiger partial charge in [0.1, 0.15) is 10.1 Å². The van der Waals surface area contributed by atoms with Crippen molar-refractivity contribution in [2.45, 2.75) is 6.92 Å². The molecule has 0 saturated carbocycles. The van der Waals surface area contributed by atoms with Gasteiger partial charge in [-0.05, 0) is 41.8 Å². The largest absolute Gasteiger partial charge is 0.493 e. The third kappa shape index (κ3) is 4.08. The zero-order chi connectivity index (χ0) is 17.0. The van der Waals surface area contributed by atoms with Gasteiger partial charge >= 0.3 is 5.97 Å². The third-order valence-electron chi connectivity index (χ3n) is 2.81. The molecule has 0 spiro atoms. The number of carbonyl (C=O) groups is 2. The second-order valence-corrected chi connectivity index (χ2v) is 6.36. The highest BCUT2D eigenvalue weighted by Gasteiger charge is 2.22. The quantitative estimate of drug-likeness (QED) is 0.468. The number of nitrogens with zero attached hydrogens (tertiary/aromatic N) is 1. The van der Waals surface area contributed by atoms with Crippen molar-refractivity contribution in [3.8, 4) is 17.2 Å². The predicted molar refractivity (Wildman–Crippen MR) is 92.4 cm³/mol. The molecule has 1 aromatic carbocycles. The molecule has 122 valence electrons. The van der Waals surface area contributed by atoms with Gasteiger partial charge < -0.3 is 14.2 Å². The highest BCUT2D eigenvalue weighted by Crippen LogP contribution is 2.40. The molecule has 6 nitrogen and oxygen atoms in total. The summed E-state index contributed by atoms with van der Waals surface area (Å²) in [6.07, 6.45) is 3.50. The zero-order valence-corrected chi connectivity index (χ0v) is 14.7. The number of hydrogen-bond acceptors (Lipinski definition) is 8. The summed E-state index contributed by atoms with van der Waals surface area (Å²) in [5.74, 6) is 0.381. The van der Waals surface area contributed by atoms with Crippen LogP contribution in [0.25, 0.3) is 6.08 Å². The van der Waals surface area contributed by atoms with Crippen molar-refractivity contribution in [3.63, 3.8) is 0 Å². The first-order chi connectivity index (χ1) is 11.0. The Morgan fingerprint density at radius 1 is 1.26 bits per heavy atom. The molecule has 1 aliphatic rings. The summed E-state index contributed by atoms with van der Waals surface area (Å²) < 4.78 is 16.3. The summed E-state index contributed by atoms with van der Waals surface area (Å²) in [5, 5.41) is -0.114. The fourth-order valence-corrected chi connectivity index (χ4v) is 3.12. The highest BCUT2D eigenvalue weighted by atomic mass is 32.2. The van der Waals surface area contributed by atoms with Gasteiger partial charge in [0.05, 0.1) is 14.2 Å². The lowest BCUT2D eigenvalue weighted by atomic mass is 10.1. The third-order valence-corrected chi connectivity index (χ3v) is 4.66. The second kappa shape index (κ2) is 7.56. The molecule has 0 radical (unpaired) electrons. The van der Waals surface area contributed by atoms with E-state index in [2.05, 4.69) is 4.99 Å². The van der Waals surface area contributed by atoms with Crippen LogP contribution in [0, 0.1) is 0 Å². The molecular weight excluding hydrogens is 338 g/mol. The number of aliphatic imine (C=N–C) groups is 1. The number of thioether (sulfide) groups is 2. The fourth-order valence-electron chi connectivity index (χ4n) is 1.86. The minimum Gasteiger partial charge on any atom is -0.493 e. The van der Waals surface area contributed by atoms with Crippen LogP contribution in [0.2, 0.25) is 0 Å². The summed E-state index contributed by atoms with van der Waals surface area (Å²) >= 11 is 2.52. The van der Waals surface area contributed by atoms with Crippen molar-refractivity contribution in [3.05, 3.63) is 23.4 Å². The lowest BCUT2D eigenvalue weighted by Crippen LogP contribution is -2.05. The first-order valence-electron chi connectivity index (χ1n) is 6.49. The molecule has 0 amide bonds. The molecule has 23 heavy (non-hydrogen) atoms. The van der Waals surface area contributed by atoms with E-state index >= 15 is 0 Å². The number of carbonyl (C=O) groups excluding carboxylic acids is 2. The number of ether oxygens (including phenoxy) is 3. The van der Waals surface area contributed by atoms with E-state index in [9.17, 15) is 9.59 Å². The summed E-state index contributed by atoms with van der Waals surface area (Å²) in [4.78, 5) is 27.4. The van der Waals surface area contributed by atoms with Crippen molar-refractivity contribution in [1.82, 2.24) is 0 Å². The van der Waals surface area contributed by atoms with Crippen LogP contribution in [-0.2, 0) is 9.59 Å². The molecule has 2 rings (SSSR count). The van der Waals surface area contributed by atoms with Gasteiger partial charge in [0.2, 0.25) is 10.9 Å². The zero-order valence-electron chi connectivity index (χ0n) is 13.0. The van der Waals surface area contributed by atoms with E-state index in [1.54, 1.807) is 18.2 Å². The molecule has 0 unspecified atom stereocenters. The van der Waals surface area contributed by atoms with Crippen LogP contribution < -0.4 is 14.2 Å². The summed E-state index contributed by atoms with van der Waals surface area (Å²) in [6.45, 7) is 1.29. The van der Waals surface area contributed by atoms with Gasteiger partial charge in [-0.15, -0.1) is 11.8 Å². The summed E-state index contributed by atoms with van der Waals surface area (Å²) in [7, 11) is 2.92. The van der Waals surface area contributed by atoms with Gasteiger partial charge in [-0.3, -0.25) is 9.59 Å².